The number of ether oxygens (including phenoxy) is 1. The quantitative estimate of drug-likeness (QED) is 0.888. The summed E-state index contributed by atoms with van der Waals surface area (Å²) in [4.78, 5) is 12.4. The number of halogens is 2. The molecule has 4 nitrogen and oxygen atoms in total. The minimum absolute atomic E-state index is 0. The second-order valence-corrected chi connectivity index (χ2v) is 5.87. The zero-order chi connectivity index (χ0) is 15.5. The smallest absolute Gasteiger partial charge is 0.229 e. The first-order valence-corrected chi connectivity index (χ1v) is 7.46. The van der Waals surface area contributed by atoms with E-state index in [0.717, 1.165) is 25.7 Å². The molecule has 0 aliphatic heterocycles. The third-order valence-corrected chi connectivity index (χ3v) is 4.07. The SMILES string of the molecule is CCOc1ccc(NC(=O)C2CCCCC2(C)N)cc1F.Cl. The van der Waals surface area contributed by atoms with Crippen molar-refractivity contribution < 1.29 is 13.9 Å². The maximum Gasteiger partial charge on any atom is 0.229 e. The molecule has 0 bridgehead atoms. The lowest BCUT2D eigenvalue weighted by molar-refractivity contribution is -0.122. The molecule has 22 heavy (non-hydrogen) atoms. The Morgan fingerprint density at radius 3 is 2.82 bits per heavy atom. The van der Waals surface area contributed by atoms with Gasteiger partial charge in [-0.15, -0.1) is 12.4 Å². The molecule has 0 aromatic heterocycles. The Kier molecular flexibility index (Phi) is 6.63. The highest BCUT2D eigenvalue weighted by molar-refractivity contribution is 5.93. The minimum Gasteiger partial charge on any atom is -0.491 e. The number of carbonyl (C=O) groups is 1. The molecule has 6 heteroatoms. The summed E-state index contributed by atoms with van der Waals surface area (Å²) >= 11 is 0. The standard InChI is InChI=1S/C16H23FN2O2.ClH/c1-3-21-14-8-7-11(10-13(14)17)19-15(20)12-6-4-5-9-16(12,2)18;/h7-8,10,12H,3-6,9,18H2,1-2H3,(H,19,20);1H. The van der Waals surface area contributed by atoms with Crippen LogP contribution in [0.25, 0.3) is 0 Å². The van der Waals surface area contributed by atoms with Crippen LogP contribution in [0.2, 0.25) is 0 Å². The monoisotopic (exact) mass is 330 g/mol. The Hall–Kier alpha value is -1.33. The highest BCUT2D eigenvalue weighted by Crippen LogP contribution is 2.32. The first-order valence-electron chi connectivity index (χ1n) is 7.46. The number of rotatable bonds is 4. The normalized spacial score (nSPS) is 24.3. The average Bonchev–Trinajstić information content (AvgIpc) is 2.41. The number of hydrogen-bond donors (Lipinski definition) is 2. The van der Waals surface area contributed by atoms with Crippen molar-refractivity contribution >= 4 is 24.0 Å². The highest BCUT2D eigenvalue weighted by atomic mass is 35.5. The molecule has 0 radical (unpaired) electrons. The number of anilines is 1. The van der Waals surface area contributed by atoms with Crippen LogP contribution < -0.4 is 15.8 Å². The first kappa shape index (κ1) is 18.7. The zero-order valence-corrected chi connectivity index (χ0v) is 13.8. The maximum atomic E-state index is 13.8. The van der Waals surface area contributed by atoms with Gasteiger partial charge in [0, 0.05) is 17.3 Å². The van der Waals surface area contributed by atoms with E-state index >= 15 is 0 Å². The van der Waals surface area contributed by atoms with E-state index in [9.17, 15) is 9.18 Å². The first-order chi connectivity index (χ1) is 9.94. The van der Waals surface area contributed by atoms with E-state index in [-0.39, 0.29) is 30.0 Å². The van der Waals surface area contributed by atoms with E-state index in [0.29, 0.717) is 12.3 Å². The van der Waals surface area contributed by atoms with E-state index in [1.54, 1.807) is 13.0 Å². The summed E-state index contributed by atoms with van der Waals surface area (Å²) in [6.07, 6.45) is 3.66. The predicted molar refractivity (Wildman–Crippen MR) is 88.0 cm³/mol. The minimum atomic E-state index is -0.494. The summed E-state index contributed by atoms with van der Waals surface area (Å²) < 4.78 is 18.9. The van der Waals surface area contributed by atoms with Crippen LogP contribution in [0.5, 0.6) is 5.75 Å². The average molecular weight is 331 g/mol. The summed E-state index contributed by atoms with van der Waals surface area (Å²) in [6, 6.07) is 4.44. The molecule has 2 unspecified atom stereocenters. The topological polar surface area (TPSA) is 64.3 Å². The van der Waals surface area contributed by atoms with Crippen molar-refractivity contribution in [2.24, 2.45) is 11.7 Å². The van der Waals surface area contributed by atoms with Crippen LogP contribution in [-0.4, -0.2) is 18.1 Å². The molecule has 2 atom stereocenters. The molecule has 1 amide bonds. The molecule has 0 heterocycles. The van der Waals surface area contributed by atoms with E-state index < -0.39 is 11.4 Å². The van der Waals surface area contributed by atoms with Crippen molar-refractivity contribution in [2.45, 2.75) is 45.1 Å². The summed E-state index contributed by atoms with van der Waals surface area (Å²) in [6.45, 7) is 4.10. The number of amides is 1. The summed E-state index contributed by atoms with van der Waals surface area (Å²) in [5.74, 6) is -0.658. The molecular formula is C16H24ClFN2O2. The van der Waals surface area contributed by atoms with Gasteiger partial charge in [0.15, 0.2) is 11.6 Å². The molecule has 0 saturated heterocycles. The van der Waals surface area contributed by atoms with Gasteiger partial charge in [0.2, 0.25) is 5.91 Å². The zero-order valence-electron chi connectivity index (χ0n) is 13.0. The lowest BCUT2D eigenvalue weighted by atomic mass is 9.74. The Morgan fingerprint density at radius 2 is 2.23 bits per heavy atom. The van der Waals surface area contributed by atoms with Gasteiger partial charge in [-0.2, -0.15) is 0 Å². The third kappa shape index (κ3) is 4.34. The summed E-state index contributed by atoms with van der Waals surface area (Å²) in [5.41, 5.74) is 6.15. The fraction of sp³-hybridized carbons (Fsp3) is 0.562. The van der Waals surface area contributed by atoms with Crippen molar-refractivity contribution in [1.82, 2.24) is 0 Å². The summed E-state index contributed by atoms with van der Waals surface area (Å²) in [7, 11) is 0. The van der Waals surface area contributed by atoms with E-state index in [4.69, 9.17) is 10.5 Å². The van der Waals surface area contributed by atoms with Crippen LogP contribution in [0.3, 0.4) is 0 Å². The van der Waals surface area contributed by atoms with Gasteiger partial charge in [-0.25, -0.2) is 4.39 Å². The van der Waals surface area contributed by atoms with Gasteiger partial charge < -0.3 is 15.8 Å². The highest BCUT2D eigenvalue weighted by Gasteiger charge is 2.37. The Morgan fingerprint density at radius 1 is 1.50 bits per heavy atom. The van der Waals surface area contributed by atoms with Crippen molar-refractivity contribution in [3.8, 4) is 5.75 Å². The van der Waals surface area contributed by atoms with E-state index in [1.807, 2.05) is 6.92 Å². The molecule has 1 aliphatic carbocycles. The fourth-order valence-electron chi connectivity index (χ4n) is 2.87. The van der Waals surface area contributed by atoms with Crippen LogP contribution in [0, 0.1) is 11.7 Å². The van der Waals surface area contributed by atoms with Gasteiger partial charge in [0.1, 0.15) is 0 Å². The molecular weight excluding hydrogens is 307 g/mol. The van der Waals surface area contributed by atoms with Crippen LogP contribution in [0.1, 0.15) is 39.5 Å². The molecule has 0 spiro atoms. The predicted octanol–water partition coefficient (Wildman–Crippen LogP) is 3.49. The van der Waals surface area contributed by atoms with Gasteiger partial charge in [0.05, 0.1) is 12.5 Å². The number of hydrogen-bond acceptors (Lipinski definition) is 3. The van der Waals surface area contributed by atoms with Crippen LogP contribution in [0.15, 0.2) is 18.2 Å². The lowest BCUT2D eigenvalue weighted by Gasteiger charge is -2.37. The van der Waals surface area contributed by atoms with Gasteiger partial charge in [-0.1, -0.05) is 12.8 Å². The number of nitrogens with one attached hydrogen (secondary N) is 1. The van der Waals surface area contributed by atoms with Crippen molar-refractivity contribution in [1.29, 1.82) is 0 Å². The van der Waals surface area contributed by atoms with Gasteiger partial charge in [-0.05, 0) is 38.8 Å². The van der Waals surface area contributed by atoms with Gasteiger partial charge in [-0.3, -0.25) is 4.79 Å². The molecule has 124 valence electrons. The maximum absolute atomic E-state index is 13.8. The molecule has 2 rings (SSSR count). The Labute approximate surface area is 137 Å². The molecule has 1 saturated carbocycles. The molecule has 1 aromatic carbocycles. The van der Waals surface area contributed by atoms with Gasteiger partial charge >= 0.3 is 0 Å². The van der Waals surface area contributed by atoms with Crippen LogP contribution >= 0.6 is 12.4 Å². The second-order valence-electron chi connectivity index (χ2n) is 5.87. The van der Waals surface area contributed by atoms with E-state index in [2.05, 4.69) is 5.32 Å². The van der Waals surface area contributed by atoms with Gasteiger partial charge in [0.25, 0.3) is 0 Å². The van der Waals surface area contributed by atoms with Crippen molar-refractivity contribution in [3.05, 3.63) is 24.0 Å². The Bertz CT molecular complexity index is 523. The number of benzene rings is 1. The Balaban J connectivity index is 0.00000242. The molecule has 1 aromatic rings. The second kappa shape index (κ2) is 7.79. The number of carbonyl (C=O) groups excluding carboxylic acids is 1. The third-order valence-electron chi connectivity index (χ3n) is 4.07. The lowest BCUT2D eigenvalue weighted by Crippen LogP contribution is -2.51. The fourth-order valence-corrected chi connectivity index (χ4v) is 2.87. The molecule has 3 N–H and O–H groups in total. The molecule has 1 fully saturated rings. The van der Waals surface area contributed by atoms with Crippen LogP contribution in [0.4, 0.5) is 10.1 Å². The molecule has 1 aliphatic rings. The van der Waals surface area contributed by atoms with Crippen LogP contribution in [-0.2, 0) is 4.79 Å². The van der Waals surface area contributed by atoms with Crippen molar-refractivity contribution in [3.63, 3.8) is 0 Å². The largest absolute Gasteiger partial charge is 0.491 e. The number of nitrogens with two attached hydrogens (primary N) is 1. The van der Waals surface area contributed by atoms with E-state index in [1.165, 1.54) is 12.1 Å². The van der Waals surface area contributed by atoms with Crippen molar-refractivity contribution in [2.75, 3.05) is 11.9 Å². The summed E-state index contributed by atoms with van der Waals surface area (Å²) in [5, 5.41) is 2.76.